The summed E-state index contributed by atoms with van der Waals surface area (Å²) >= 11 is 17.5. The van der Waals surface area contributed by atoms with Crippen molar-refractivity contribution in [3.63, 3.8) is 0 Å². The minimum atomic E-state index is -1.78. The van der Waals surface area contributed by atoms with Gasteiger partial charge in [-0.25, -0.2) is 4.79 Å². The van der Waals surface area contributed by atoms with Crippen LogP contribution in [0.2, 0.25) is 0 Å². The number of nitrogens with zero attached hydrogens (tertiary/aromatic N) is 1. The van der Waals surface area contributed by atoms with Crippen LogP contribution in [0.3, 0.4) is 0 Å². The van der Waals surface area contributed by atoms with Crippen molar-refractivity contribution in [2.45, 2.75) is 41.8 Å². The van der Waals surface area contributed by atoms with Gasteiger partial charge >= 0.3 is 6.09 Å². The van der Waals surface area contributed by atoms with Crippen LogP contribution in [0.25, 0.3) is 0 Å². The van der Waals surface area contributed by atoms with Crippen molar-refractivity contribution in [1.29, 1.82) is 0 Å². The maximum atomic E-state index is 12.2. The molecular formula is C15H18Cl3NO3. The number of amides is 1. The molecule has 1 aliphatic heterocycles. The molecule has 1 aliphatic rings. The molecule has 0 saturated carbocycles. The van der Waals surface area contributed by atoms with Gasteiger partial charge in [-0.1, -0.05) is 65.1 Å². The van der Waals surface area contributed by atoms with Crippen molar-refractivity contribution >= 4 is 40.9 Å². The molecule has 0 unspecified atom stereocenters. The lowest BCUT2D eigenvalue weighted by molar-refractivity contribution is -0.0382. The number of carbonyl (C=O) groups is 1. The number of ether oxygens (including phenoxy) is 1. The van der Waals surface area contributed by atoms with Gasteiger partial charge in [-0.3, -0.25) is 0 Å². The number of rotatable bonds is 2. The number of halogens is 3. The summed E-state index contributed by atoms with van der Waals surface area (Å²) in [5, 5.41) is 10.4. The number of hydrogen-bond donors (Lipinski definition) is 1. The monoisotopic (exact) mass is 365 g/mol. The molecule has 1 aromatic carbocycles. The van der Waals surface area contributed by atoms with Crippen molar-refractivity contribution < 1.29 is 14.6 Å². The number of piperidine rings is 1. The largest absolute Gasteiger partial charge is 0.445 e. The van der Waals surface area contributed by atoms with E-state index in [1.165, 1.54) is 0 Å². The second-order valence-corrected chi connectivity index (χ2v) is 7.85. The third-order valence-electron chi connectivity index (χ3n) is 3.90. The van der Waals surface area contributed by atoms with Crippen LogP contribution in [-0.2, 0) is 11.3 Å². The molecule has 1 aromatic rings. The molecule has 0 spiro atoms. The predicted molar refractivity (Wildman–Crippen MR) is 87.3 cm³/mol. The minimum Gasteiger partial charge on any atom is -0.445 e. The Bertz CT molecular complexity index is 521. The highest BCUT2D eigenvalue weighted by Crippen LogP contribution is 2.45. The Labute approximate surface area is 144 Å². The smallest absolute Gasteiger partial charge is 0.410 e. The highest BCUT2D eigenvalue weighted by molar-refractivity contribution is 6.68. The summed E-state index contributed by atoms with van der Waals surface area (Å²) in [5.41, 5.74) is -0.522. The lowest BCUT2D eigenvalue weighted by atomic mass is 9.88. The summed E-state index contributed by atoms with van der Waals surface area (Å²) in [7, 11) is 0. The van der Waals surface area contributed by atoms with Crippen molar-refractivity contribution in [1.82, 2.24) is 4.90 Å². The SMILES string of the molecule is C[C@H]1C[C@](O)(C(Cl)(Cl)Cl)CCN1C(=O)OCc1ccccc1. The first kappa shape index (κ1) is 17.7. The van der Waals surface area contributed by atoms with E-state index in [1.807, 2.05) is 30.3 Å². The van der Waals surface area contributed by atoms with E-state index < -0.39 is 15.5 Å². The van der Waals surface area contributed by atoms with Crippen molar-refractivity contribution in [3.8, 4) is 0 Å². The molecule has 1 amide bonds. The fourth-order valence-corrected chi connectivity index (χ4v) is 3.07. The molecule has 122 valence electrons. The van der Waals surface area contributed by atoms with Gasteiger partial charge in [0, 0.05) is 19.0 Å². The molecule has 2 atom stereocenters. The average Bonchev–Trinajstić information content (AvgIpc) is 2.45. The van der Waals surface area contributed by atoms with Crippen LogP contribution in [0, 0.1) is 0 Å². The van der Waals surface area contributed by atoms with E-state index in [0.717, 1.165) is 5.56 Å². The van der Waals surface area contributed by atoms with Gasteiger partial charge in [0.2, 0.25) is 3.79 Å². The van der Waals surface area contributed by atoms with E-state index in [9.17, 15) is 9.90 Å². The first-order chi connectivity index (χ1) is 10.2. The highest BCUT2D eigenvalue weighted by atomic mass is 35.6. The van der Waals surface area contributed by atoms with Gasteiger partial charge in [0.1, 0.15) is 12.2 Å². The second-order valence-electron chi connectivity index (χ2n) is 5.57. The maximum Gasteiger partial charge on any atom is 0.410 e. The normalized spacial score (nSPS) is 25.9. The lowest BCUT2D eigenvalue weighted by Crippen LogP contribution is -2.56. The van der Waals surface area contributed by atoms with Crippen LogP contribution in [0.1, 0.15) is 25.3 Å². The topological polar surface area (TPSA) is 49.8 Å². The number of carbonyl (C=O) groups excluding carboxylic acids is 1. The third kappa shape index (κ3) is 3.99. The predicted octanol–water partition coefficient (Wildman–Crippen LogP) is 3.91. The summed E-state index contributed by atoms with van der Waals surface area (Å²) in [5.74, 6) is 0. The van der Waals surface area contributed by atoms with Crippen LogP contribution < -0.4 is 0 Å². The zero-order valence-electron chi connectivity index (χ0n) is 12.1. The van der Waals surface area contributed by atoms with Gasteiger partial charge in [-0.2, -0.15) is 0 Å². The van der Waals surface area contributed by atoms with Crippen molar-refractivity contribution in [2.75, 3.05) is 6.54 Å². The third-order valence-corrected chi connectivity index (χ3v) is 4.95. The Hall–Kier alpha value is -0.680. The van der Waals surface area contributed by atoms with Crippen LogP contribution in [-0.4, -0.2) is 38.1 Å². The molecule has 0 aliphatic carbocycles. The fourth-order valence-electron chi connectivity index (χ4n) is 2.56. The zero-order valence-corrected chi connectivity index (χ0v) is 14.4. The quantitative estimate of drug-likeness (QED) is 0.807. The summed E-state index contributed by atoms with van der Waals surface area (Å²) in [6.07, 6.45) is -0.0548. The van der Waals surface area contributed by atoms with E-state index >= 15 is 0 Å². The zero-order chi connectivity index (χ0) is 16.4. The van der Waals surface area contributed by atoms with Gasteiger partial charge in [-0.15, -0.1) is 0 Å². The van der Waals surface area contributed by atoms with Gasteiger partial charge in [0.05, 0.1) is 0 Å². The van der Waals surface area contributed by atoms with Crippen molar-refractivity contribution in [2.24, 2.45) is 0 Å². The number of likely N-dealkylation sites (tertiary alicyclic amines) is 1. The Morgan fingerprint density at radius 3 is 2.59 bits per heavy atom. The Balaban J connectivity index is 1.93. The molecule has 0 aromatic heterocycles. The molecule has 2 rings (SSSR count). The van der Waals surface area contributed by atoms with Gasteiger partial charge in [0.25, 0.3) is 0 Å². The molecule has 1 heterocycles. The minimum absolute atomic E-state index is 0.184. The molecule has 1 fully saturated rings. The molecule has 0 radical (unpaired) electrons. The first-order valence-corrected chi connectivity index (χ1v) is 8.13. The molecule has 1 N–H and O–H groups in total. The van der Waals surface area contributed by atoms with E-state index in [2.05, 4.69) is 0 Å². The van der Waals surface area contributed by atoms with Gasteiger partial charge in [-0.05, 0) is 18.9 Å². The molecule has 22 heavy (non-hydrogen) atoms. The highest BCUT2D eigenvalue weighted by Gasteiger charge is 2.51. The van der Waals surface area contributed by atoms with E-state index in [1.54, 1.807) is 11.8 Å². The number of aliphatic hydroxyl groups is 1. The Kier molecular flexibility index (Phi) is 5.49. The van der Waals surface area contributed by atoms with E-state index in [-0.39, 0.29) is 32.0 Å². The summed E-state index contributed by atoms with van der Waals surface area (Å²) in [6.45, 7) is 2.28. The summed E-state index contributed by atoms with van der Waals surface area (Å²) in [4.78, 5) is 13.7. The Morgan fingerprint density at radius 1 is 1.41 bits per heavy atom. The molecular weight excluding hydrogens is 349 g/mol. The first-order valence-electron chi connectivity index (χ1n) is 6.99. The van der Waals surface area contributed by atoms with Gasteiger partial charge in [0.15, 0.2) is 0 Å². The summed E-state index contributed by atoms with van der Waals surface area (Å²) < 4.78 is 3.52. The molecule has 1 saturated heterocycles. The Morgan fingerprint density at radius 2 is 2.05 bits per heavy atom. The molecule has 4 nitrogen and oxygen atoms in total. The van der Waals surface area contributed by atoms with Crippen LogP contribution in [0.4, 0.5) is 4.79 Å². The maximum absolute atomic E-state index is 12.2. The van der Waals surface area contributed by atoms with Crippen molar-refractivity contribution in [3.05, 3.63) is 35.9 Å². The standard InChI is InChI=1S/C15H18Cl3NO3/c1-11-9-14(21,15(16,17)18)7-8-19(11)13(20)22-10-12-5-3-2-4-6-12/h2-6,11,21H,7-10H2,1H3/t11-,14-/m0/s1. The van der Waals surface area contributed by atoms with Gasteiger partial charge < -0.3 is 14.7 Å². The van der Waals surface area contributed by atoms with Crippen LogP contribution in [0.5, 0.6) is 0 Å². The molecule has 7 heteroatoms. The summed E-state index contributed by atoms with van der Waals surface area (Å²) in [6, 6.07) is 9.15. The van der Waals surface area contributed by atoms with Crippen LogP contribution >= 0.6 is 34.8 Å². The number of hydrogen-bond acceptors (Lipinski definition) is 3. The number of benzene rings is 1. The van der Waals surface area contributed by atoms with E-state index in [4.69, 9.17) is 39.5 Å². The lowest BCUT2D eigenvalue weighted by Gasteiger charge is -2.45. The van der Waals surface area contributed by atoms with Crippen LogP contribution in [0.15, 0.2) is 30.3 Å². The second kappa shape index (κ2) is 6.83. The number of alkyl halides is 3. The molecule has 0 bridgehead atoms. The van der Waals surface area contributed by atoms with E-state index in [0.29, 0.717) is 0 Å². The fraction of sp³-hybridized carbons (Fsp3) is 0.533. The average molecular weight is 367 g/mol.